The third-order valence-corrected chi connectivity index (χ3v) is 4.16. The van der Waals surface area contributed by atoms with Crippen molar-refractivity contribution < 1.29 is 4.74 Å². The molecule has 0 atom stereocenters. The number of benzene rings is 2. The summed E-state index contributed by atoms with van der Waals surface area (Å²) in [6, 6.07) is 22.3. The maximum Gasteiger partial charge on any atom is 0.242 e. The van der Waals surface area contributed by atoms with Gasteiger partial charge >= 0.3 is 0 Å². The second-order valence-electron chi connectivity index (χ2n) is 6.15. The molecule has 0 unspecified atom stereocenters. The summed E-state index contributed by atoms with van der Waals surface area (Å²) in [6.07, 6.45) is 1.93. The summed E-state index contributed by atoms with van der Waals surface area (Å²) in [5.74, 6) is 0.494. The smallest absolute Gasteiger partial charge is 0.242 e. The predicted octanol–water partition coefficient (Wildman–Crippen LogP) is 4.54. The molecule has 0 fully saturated rings. The number of aromatic nitrogens is 3. The van der Waals surface area contributed by atoms with Gasteiger partial charge in [0.25, 0.3) is 0 Å². The van der Waals surface area contributed by atoms with Crippen molar-refractivity contribution in [2.75, 3.05) is 6.61 Å². The molecule has 27 heavy (non-hydrogen) atoms. The van der Waals surface area contributed by atoms with Gasteiger partial charge in [0.1, 0.15) is 5.69 Å². The second-order valence-corrected chi connectivity index (χ2v) is 6.15. The van der Waals surface area contributed by atoms with Gasteiger partial charge in [-0.15, -0.1) is 0 Å². The highest BCUT2D eigenvalue weighted by Crippen LogP contribution is 2.30. The lowest BCUT2D eigenvalue weighted by Gasteiger charge is -2.10. The third kappa shape index (κ3) is 3.58. The van der Waals surface area contributed by atoms with Crippen molar-refractivity contribution in [3.05, 3.63) is 84.1 Å². The molecule has 2 aromatic carbocycles. The van der Waals surface area contributed by atoms with Crippen LogP contribution in [0.2, 0.25) is 0 Å². The number of aryl methyl sites for hydroxylation is 1. The van der Waals surface area contributed by atoms with Crippen LogP contribution in [0.15, 0.2) is 77.9 Å². The molecule has 5 nitrogen and oxygen atoms in total. The summed E-state index contributed by atoms with van der Waals surface area (Å²) in [7, 11) is 1.88. The van der Waals surface area contributed by atoms with Crippen LogP contribution < -0.4 is 4.74 Å². The van der Waals surface area contributed by atoms with Gasteiger partial charge in [-0.1, -0.05) is 60.7 Å². The molecule has 4 aromatic rings. The van der Waals surface area contributed by atoms with Gasteiger partial charge in [0.05, 0.1) is 12.3 Å². The van der Waals surface area contributed by atoms with Crippen molar-refractivity contribution in [3.8, 4) is 5.88 Å². The molecule has 134 valence electrons. The number of aliphatic imine (C=N–C) groups is 1. The fraction of sp³-hybridized carbons (Fsp3) is 0.136. The number of fused-ring (bicyclic) bond motifs is 1. The molecule has 0 N–H and O–H groups in total. The second kappa shape index (κ2) is 7.41. The normalized spacial score (nSPS) is 10.7. The largest absolute Gasteiger partial charge is 0.476 e. The fourth-order valence-corrected chi connectivity index (χ4v) is 2.98. The number of rotatable bonds is 5. The highest BCUT2D eigenvalue weighted by Gasteiger charge is 2.13. The number of ether oxygens (including phenoxy) is 1. The highest BCUT2D eigenvalue weighted by molar-refractivity contribution is 6.14. The first-order chi connectivity index (χ1) is 13.2. The quantitative estimate of drug-likeness (QED) is 0.494. The van der Waals surface area contributed by atoms with Gasteiger partial charge in [0.15, 0.2) is 5.65 Å². The van der Waals surface area contributed by atoms with Gasteiger partial charge in [0, 0.05) is 29.8 Å². The zero-order valence-electron chi connectivity index (χ0n) is 15.3. The van der Waals surface area contributed by atoms with E-state index in [4.69, 9.17) is 9.73 Å². The molecular formula is C22H20N4O. The predicted molar refractivity (Wildman–Crippen MR) is 108 cm³/mol. The van der Waals surface area contributed by atoms with Crippen molar-refractivity contribution in [2.45, 2.75) is 6.92 Å². The van der Waals surface area contributed by atoms with E-state index in [2.05, 4.69) is 34.3 Å². The van der Waals surface area contributed by atoms with Gasteiger partial charge in [-0.05, 0) is 13.0 Å². The molecule has 0 bridgehead atoms. The molecule has 0 aliphatic heterocycles. The number of nitrogens with zero attached hydrogens (tertiary/aromatic N) is 4. The molecule has 4 rings (SSSR count). The van der Waals surface area contributed by atoms with Crippen LogP contribution >= 0.6 is 0 Å². The van der Waals surface area contributed by atoms with Gasteiger partial charge in [-0.2, -0.15) is 10.1 Å². The summed E-state index contributed by atoms with van der Waals surface area (Å²) < 4.78 is 7.51. The molecule has 2 aromatic heterocycles. The Hall–Kier alpha value is -3.47. The Morgan fingerprint density at radius 3 is 2.22 bits per heavy atom. The van der Waals surface area contributed by atoms with Crippen LogP contribution in [0.3, 0.4) is 0 Å². The highest BCUT2D eigenvalue weighted by atomic mass is 16.5. The van der Waals surface area contributed by atoms with E-state index in [1.54, 1.807) is 4.68 Å². The molecule has 0 radical (unpaired) electrons. The Bertz CT molecular complexity index is 1040. The van der Waals surface area contributed by atoms with E-state index < -0.39 is 0 Å². The van der Waals surface area contributed by atoms with Gasteiger partial charge < -0.3 is 4.74 Å². The number of hydrogen-bond donors (Lipinski definition) is 0. The van der Waals surface area contributed by atoms with Gasteiger partial charge in [-0.25, -0.2) is 4.99 Å². The van der Waals surface area contributed by atoms with Crippen molar-refractivity contribution >= 4 is 22.4 Å². The van der Waals surface area contributed by atoms with E-state index in [1.165, 1.54) is 0 Å². The average Bonchev–Trinajstić information content (AvgIpc) is 3.06. The molecule has 2 heterocycles. The summed E-state index contributed by atoms with van der Waals surface area (Å²) >= 11 is 0. The first kappa shape index (κ1) is 17.0. The Kier molecular flexibility index (Phi) is 4.66. The third-order valence-electron chi connectivity index (χ3n) is 4.16. The zero-order chi connectivity index (χ0) is 18.6. The molecule has 0 spiro atoms. The monoisotopic (exact) mass is 356 g/mol. The first-order valence-electron chi connectivity index (χ1n) is 8.91. The number of hydrogen-bond acceptors (Lipinski definition) is 4. The Morgan fingerprint density at radius 1 is 1.00 bits per heavy atom. The van der Waals surface area contributed by atoms with Crippen LogP contribution in [0.25, 0.3) is 11.0 Å². The lowest BCUT2D eigenvalue weighted by molar-refractivity contribution is 0.329. The van der Waals surface area contributed by atoms with E-state index in [-0.39, 0.29) is 0 Å². The molecule has 5 heteroatoms. The average molecular weight is 356 g/mol. The van der Waals surface area contributed by atoms with Gasteiger partial charge in [0.2, 0.25) is 5.88 Å². The van der Waals surface area contributed by atoms with Crippen LogP contribution in [-0.2, 0) is 7.05 Å². The summed E-state index contributed by atoms with van der Waals surface area (Å²) in [5, 5.41) is 5.30. The summed E-state index contributed by atoms with van der Waals surface area (Å²) in [6.45, 7) is 2.45. The molecule has 0 aliphatic carbocycles. The zero-order valence-corrected chi connectivity index (χ0v) is 15.3. The number of pyridine rings is 1. The van der Waals surface area contributed by atoms with E-state index in [9.17, 15) is 0 Å². The minimum absolute atomic E-state index is 0.494. The molecule has 0 saturated carbocycles. The lowest BCUT2D eigenvalue weighted by Crippen LogP contribution is -2.03. The SMILES string of the molecule is CCOc1nc2nn(C)cc2cc1N=C(c1ccccc1)c1ccccc1. The van der Waals surface area contributed by atoms with Gasteiger partial charge in [-0.3, -0.25) is 4.68 Å². The minimum Gasteiger partial charge on any atom is -0.476 e. The van der Waals surface area contributed by atoms with Crippen LogP contribution in [-0.4, -0.2) is 27.1 Å². The van der Waals surface area contributed by atoms with Crippen molar-refractivity contribution in [1.29, 1.82) is 0 Å². The molecular weight excluding hydrogens is 336 g/mol. The standard InChI is InChI=1S/C22H20N4O/c1-3-27-22-19(14-18-15-26(2)25-21(18)24-22)23-20(16-10-6-4-7-11-16)17-12-8-5-9-13-17/h4-15H,3H2,1-2H3. The topological polar surface area (TPSA) is 52.3 Å². The minimum atomic E-state index is 0.494. The molecule has 0 amide bonds. The van der Waals surface area contributed by atoms with Crippen LogP contribution in [0.4, 0.5) is 5.69 Å². The van der Waals surface area contributed by atoms with Crippen LogP contribution in [0, 0.1) is 0 Å². The Balaban J connectivity index is 1.93. The van der Waals surface area contributed by atoms with Crippen LogP contribution in [0.5, 0.6) is 5.88 Å². The summed E-state index contributed by atoms with van der Waals surface area (Å²) in [5.41, 5.74) is 4.30. The lowest BCUT2D eigenvalue weighted by atomic mass is 10.0. The van der Waals surface area contributed by atoms with Crippen LogP contribution in [0.1, 0.15) is 18.1 Å². The van der Waals surface area contributed by atoms with E-state index in [0.717, 1.165) is 22.2 Å². The Labute approximate surface area is 158 Å². The van der Waals surface area contributed by atoms with E-state index in [1.807, 2.05) is 62.6 Å². The molecule has 0 aliphatic rings. The first-order valence-corrected chi connectivity index (χ1v) is 8.91. The van der Waals surface area contributed by atoms with E-state index >= 15 is 0 Å². The van der Waals surface area contributed by atoms with Crippen molar-refractivity contribution in [1.82, 2.24) is 14.8 Å². The maximum atomic E-state index is 5.76. The summed E-state index contributed by atoms with van der Waals surface area (Å²) in [4.78, 5) is 9.53. The fourth-order valence-electron chi connectivity index (χ4n) is 2.98. The molecule has 0 saturated heterocycles. The van der Waals surface area contributed by atoms with Crippen molar-refractivity contribution in [3.63, 3.8) is 0 Å². The van der Waals surface area contributed by atoms with E-state index in [0.29, 0.717) is 23.8 Å². The Morgan fingerprint density at radius 2 is 1.63 bits per heavy atom. The van der Waals surface area contributed by atoms with Crippen molar-refractivity contribution in [2.24, 2.45) is 12.0 Å². The maximum absolute atomic E-state index is 5.76.